The van der Waals surface area contributed by atoms with Crippen molar-refractivity contribution in [2.24, 2.45) is 0 Å². The summed E-state index contributed by atoms with van der Waals surface area (Å²) >= 11 is 1.61. The number of benzene rings is 2. The van der Waals surface area contributed by atoms with E-state index in [0.717, 1.165) is 26.4 Å². The van der Waals surface area contributed by atoms with Crippen LogP contribution in [-0.2, 0) is 20.7 Å². The normalized spacial score (nSPS) is 25.5. The zero-order chi connectivity index (χ0) is 22.8. The highest BCUT2D eigenvalue weighted by Gasteiger charge is 2.45. The number of rotatable bonds is 6. The predicted molar refractivity (Wildman–Crippen MR) is 116 cm³/mol. The number of carbonyl (C=O) groups is 1. The molecule has 1 unspecified atom stereocenters. The Balaban J connectivity index is 1.57. The Kier molecular flexibility index (Phi) is 6.68. The molecular formula is C24H23FO6S. The fourth-order valence-corrected chi connectivity index (χ4v) is 4.82. The largest absolute Gasteiger partial charge is 0.435 e. The van der Waals surface area contributed by atoms with Crippen molar-refractivity contribution in [2.45, 2.75) is 44.1 Å². The maximum atomic E-state index is 13.2. The van der Waals surface area contributed by atoms with Crippen LogP contribution in [-0.4, -0.2) is 46.4 Å². The van der Waals surface area contributed by atoms with Crippen LogP contribution in [0.3, 0.4) is 0 Å². The van der Waals surface area contributed by atoms with Gasteiger partial charge in [0.2, 0.25) is 6.29 Å². The van der Waals surface area contributed by atoms with E-state index in [9.17, 15) is 24.5 Å². The zero-order valence-corrected chi connectivity index (χ0v) is 18.0. The standard InChI is InChI=1S/C24H23FO6S/c1-13-2-3-15(23-21(28)20(27)22(29)24(31-23)30-12-26)10-16(13)11-18-8-9-19(32-18)14-4-6-17(25)7-5-14/h2-10,12,20-24,27-29H,11H2,1H3/t20?,21-,22+,23+,24+/m1/s1. The smallest absolute Gasteiger partial charge is 0.295 e. The highest BCUT2D eigenvalue weighted by molar-refractivity contribution is 7.15. The third-order valence-electron chi connectivity index (χ3n) is 5.62. The van der Waals surface area contributed by atoms with E-state index in [1.165, 1.54) is 12.1 Å². The first-order valence-corrected chi connectivity index (χ1v) is 10.9. The molecule has 4 rings (SSSR count). The molecule has 1 fully saturated rings. The van der Waals surface area contributed by atoms with Gasteiger partial charge in [0.05, 0.1) is 0 Å². The minimum Gasteiger partial charge on any atom is -0.435 e. The van der Waals surface area contributed by atoms with Gasteiger partial charge in [-0.3, -0.25) is 4.79 Å². The van der Waals surface area contributed by atoms with E-state index < -0.39 is 30.7 Å². The van der Waals surface area contributed by atoms with Crippen LogP contribution in [0.25, 0.3) is 10.4 Å². The molecule has 1 saturated heterocycles. The molecule has 0 aliphatic carbocycles. The Bertz CT molecular complexity index is 1080. The number of aliphatic hydroxyl groups is 3. The molecule has 0 bridgehead atoms. The van der Waals surface area contributed by atoms with Gasteiger partial charge in [-0.15, -0.1) is 11.3 Å². The monoisotopic (exact) mass is 458 g/mol. The fourth-order valence-electron chi connectivity index (χ4n) is 3.78. The first kappa shape index (κ1) is 22.6. The Morgan fingerprint density at radius 3 is 2.50 bits per heavy atom. The molecule has 1 aliphatic heterocycles. The van der Waals surface area contributed by atoms with Gasteiger partial charge < -0.3 is 24.8 Å². The minimum absolute atomic E-state index is 0.130. The topological polar surface area (TPSA) is 96.2 Å². The number of hydrogen-bond acceptors (Lipinski definition) is 7. The first-order chi connectivity index (χ1) is 15.4. The van der Waals surface area contributed by atoms with Gasteiger partial charge in [0.1, 0.15) is 30.2 Å². The molecular weight excluding hydrogens is 435 g/mol. The lowest BCUT2D eigenvalue weighted by molar-refractivity contribution is -0.286. The zero-order valence-electron chi connectivity index (χ0n) is 17.2. The maximum absolute atomic E-state index is 13.2. The lowest BCUT2D eigenvalue weighted by Gasteiger charge is -2.39. The second-order valence-electron chi connectivity index (χ2n) is 7.76. The molecule has 8 heteroatoms. The van der Waals surface area contributed by atoms with Crippen LogP contribution in [0.5, 0.6) is 0 Å². The van der Waals surface area contributed by atoms with E-state index in [1.807, 2.05) is 31.2 Å². The van der Waals surface area contributed by atoms with Crippen LogP contribution in [0.15, 0.2) is 54.6 Å². The summed E-state index contributed by atoms with van der Waals surface area (Å²) < 4.78 is 23.5. The summed E-state index contributed by atoms with van der Waals surface area (Å²) in [5.41, 5.74) is 3.58. The van der Waals surface area contributed by atoms with E-state index in [-0.39, 0.29) is 12.3 Å². The summed E-state index contributed by atoms with van der Waals surface area (Å²) in [5, 5.41) is 30.6. The van der Waals surface area contributed by atoms with Crippen molar-refractivity contribution in [3.8, 4) is 10.4 Å². The molecule has 3 aromatic rings. The molecule has 2 heterocycles. The quantitative estimate of drug-likeness (QED) is 0.492. The number of ether oxygens (including phenoxy) is 2. The first-order valence-electron chi connectivity index (χ1n) is 10.1. The number of aliphatic hydroxyl groups excluding tert-OH is 3. The van der Waals surface area contributed by atoms with Crippen molar-refractivity contribution in [3.05, 3.63) is 82.0 Å². The Labute approximate surface area is 188 Å². The van der Waals surface area contributed by atoms with Crippen LogP contribution < -0.4 is 0 Å². The molecule has 0 radical (unpaired) electrons. The Morgan fingerprint density at radius 1 is 1.03 bits per heavy atom. The SMILES string of the molecule is Cc1ccc([C@@H]2O[C@H](OC=O)[C@@H](O)C(O)[C@H]2O)cc1Cc1ccc(-c2ccc(F)cc2)s1. The van der Waals surface area contributed by atoms with Crippen LogP contribution in [0, 0.1) is 12.7 Å². The van der Waals surface area contributed by atoms with Gasteiger partial charge in [-0.1, -0.05) is 30.3 Å². The predicted octanol–water partition coefficient (Wildman–Crippen LogP) is 3.11. The maximum Gasteiger partial charge on any atom is 0.295 e. The van der Waals surface area contributed by atoms with Crippen molar-refractivity contribution >= 4 is 17.8 Å². The van der Waals surface area contributed by atoms with Crippen LogP contribution >= 0.6 is 11.3 Å². The summed E-state index contributed by atoms with van der Waals surface area (Å²) in [7, 11) is 0. The second kappa shape index (κ2) is 9.48. The molecule has 32 heavy (non-hydrogen) atoms. The molecule has 0 amide bonds. The summed E-state index contributed by atoms with van der Waals surface area (Å²) in [5.74, 6) is -0.275. The second-order valence-corrected chi connectivity index (χ2v) is 8.93. The number of hydrogen-bond donors (Lipinski definition) is 3. The third-order valence-corrected chi connectivity index (χ3v) is 6.75. The van der Waals surface area contributed by atoms with E-state index in [1.54, 1.807) is 29.5 Å². The van der Waals surface area contributed by atoms with Crippen molar-refractivity contribution in [2.75, 3.05) is 0 Å². The molecule has 5 atom stereocenters. The van der Waals surface area contributed by atoms with Crippen LogP contribution in [0.1, 0.15) is 27.7 Å². The molecule has 2 aromatic carbocycles. The average Bonchev–Trinajstić information content (AvgIpc) is 3.25. The summed E-state index contributed by atoms with van der Waals surface area (Å²) in [6.07, 6.45) is -6.19. The number of aryl methyl sites for hydroxylation is 1. The van der Waals surface area contributed by atoms with Crippen molar-refractivity contribution in [1.29, 1.82) is 0 Å². The molecule has 6 nitrogen and oxygen atoms in total. The number of thiophene rings is 1. The van der Waals surface area contributed by atoms with Gasteiger partial charge in [-0.25, -0.2) is 4.39 Å². The summed E-state index contributed by atoms with van der Waals surface area (Å²) in [6.45, 7) is 2.11. The summed E-state index contributed by atoms with van der Waals surface area (Å²) in [6, 6.07) is 15.9. The Hall–Kier alpha value is -2.62. The lowest BCUT2D eigenvalue weighted by Crippen LogP contribution is -2.54. The molecule has 1 aliphatic rings. The highest BCUT2D eigenvalue weighted by Crippen LogP contribution is 2.35. The molecule has 0 saturated carbocycles. The molecule has 1 aromatic heterocycles. The molecule has 168 valence electrons. The van der Waals surface area contributed by atoms with Crippen molar-refractivity contribution in [1.82, 2.24) is 0 Å². The number of carbonyl (C=O) groups excluding carboxylic acids is 1. The highest BCUT2D eigenvalue weighted by atomic mass is 32.1. The van der Waals surface area contributed by atoms with Gasteiger partial charge in [-0.05, 0) is 53.4 Å². The van der Waals surface area contributed by atoms with E-state index in [4.69, 9.17) is 9.47 Å². The van der Waals surface area contributed by atoms with Gasteiger partial charge in [0, 0.05) is 16.2 Å². The average molecular weight is 459 g/mol. The third kappa shape index (κ3) is 4.60. The fraction of sp³-hybridized carbons (Fsp3) is 0.292. The van der Waals surface area contributed by atoms with Crippen LogP contribution in [0.2, 0.25) is 0 Å². The lowest BCUT2D eigenvalue weighted by atomic mass is 9.91. The summed E-state index contributed by atoms with van der Waals surface area (Å²) in [4.78, 5) is 12.8. The number of halogens is 1. The molecule has 0 spiro atoms. The molecule has 3 N–H and O–H groups in total. The van der Waals surface area contributed by atoms with Gasteiger partial charge in [0.15, 0.2) is 0 Å². The van der Waals surface area contributed by atoms with Gasteiger partial charge >= 0.3 is 0 Å². The van der Waals surface area contributed by atoms with E-state index >= 15 is 0 Å². The van der Waals surface area contributed by atoms with E-state index in [2.05, 4.69) is 0 Å². The van der Waals surface area contributed by atoms with Gasteiger partial charge in [0.25, 0.3) is 6.47 Å². The van der Waals surface area contributed by atoms with Crippen LogP contribution in [0.4, 0.5) is 4.39 Å². The van der Waals surface area contributed by atoms with Gasteiger partial charge in [-0.2, -0.15) is 0 Å². The van der Waals surface area contributed by atoms with E-state index in [0.29, 0.717) is 12.0 Å². The Morgan fingerprint density at radius 2 is 1.78 bits per heavy atom. The minimum atomic E-state index is -1.55. The van der Waals surface area contributed by atoms with Crippen molar-refractivity contribution < 1.29 is 34.0 Å². The van der Waals surface area contributed by atoms with Crippen molar-refractivity contribution in [3.63, 3.8) is 0 Å².